The van der Waals surface area contributed by atoms with Crippen molar-refractivity contribution in [2.45, 2.75) is 4.90 Å². The number of carbonyl (C=O) groups excluding carboxylic acids is 2. The molecule has 0 atom stereocenters. The third kappa shape index (κ3) is 6.07. The molecule has 0 radical (unpaired) electrons. The lowest BCUT2D eigenvalue weighted by Gasteiger charge is -2.08. The van der Waals surface area contributed by atoms with Crippen molar-refractivity contribution in [2.75, 3.05) is 23.0 Å². The van der Waals surface area contributed by atoms with E-state index in [-0.39, 0.29) is 24.2 Å². The van der Waals surface area contributed by atoms with Gasteiger partial charge in [0.15, 0.2) is 11.7 Å². The Bertz CT molecular complexity index is 1140. The molecule has 1 aromatic heterocycles. The minimum atomic E-state index is -0.237. The zero-order chi connectivity index (χ0) is 21.5. The van der Waals surface area contributed by atoms with Crippen molar-refractivity contribution in [3.05, 3.63) is 78.9 Å². The van der Waals surface area contributed by atoms with Crippen LogP contribution in [0.25, 0.3) is 10.2 Å². The number of thiazole rings is 1. The van der Waals surface area contributed by atoms with E-state index in [0.717, 1.165) is 15.1 Å². The van der Waals surface area contributed by atoms with Crippen LogP contribution < -0.4 is 15.4 Å². The molecule has 0 aliphatic carbocycles. The summed E-state index contributed by atoms with van der Waals surface area (Å²) in [5.74, 6) is 0.569. The quantitative estimate of drug-likeness (QED) is 0.368. The van der Waals surface area contributed by atoms with Crippen molar-refractivity contribution in [3.8, 4) is 5.75 Å². The van der Waals surface area contributed by atoms with E-state index in [4.69, 9.17) is 4.74 Å². The number of nitrogens with zero attached hydrogens (tertiary/aromatic N) is 1. The van der Waals surface area contributed by atoms with E-state index < -0.39 is 0 Å². The molecule has 2 amide bonds. The van der Waals surface area contributed by atoms with Gasteiger partial charge in [-0.05, 0) is 48.5 Å². The van der Waals surface area contributed by atoms with Crippen LogP contribution in [0, 0.1) is 0 Å². The number of hydrogen-bond acceptors (Lipinski definition) is 6. The number of anilines is 2. The molecular weight excluding hydrogens is 430 g/mol. The number of para-hydroxylation sites is 2. The largest absolute Gasteiger partial charge is 0.484 e. The fourth-order valence-electron chi connectivity index (χ4n) is 2.73. The molecule has 4 aromatic rings. The molecule has 0 aliphatic rings. The van der Waals surface area contributed by atoms with Crippen LogP contribution in [0.5, 0.6) is 5.75 Å². The zero-order valence-electron chi connectivity index (χ0n) is 16.4. The van der Waals surface area contributed by atoms with Crippen LogP contribution in [-0.2, 0) is 9.59 Å². The summed E-state index contributed by atoms with van der Waals surface area (Å²) >= 11 is 2.87. The third-order valence-corrected chi connectivity index (χ3v) is 6.13. The molecule has 0 unspecified atom stereocenters. The molecule has 8 heteroatoms. The van der Waals surface area contributed by atoms with Crippen LogP contribution in [0.1, 0.15) is 0 Å². The average Bonchev–Trinajstić information content (AvgIpc) is 3.20. The smallest absolute Gasteiger partial charge is 0.262 e. The molecule has 0 aliphatic heterocycles. The summed E-state index contributed by atoms with van der Waals surface area (Å²) in [5, 5.41) is 6.23. The zero-order valence-corrected chi connectivity index (χ0v) is 18.0. The lowest BCUT2D eigenvalue weighted by atomic mass is 10.3. The van der Waals surface area contributed by atoms with Gasteiger partial charge >= 0.3 is 0 Å². The second-order valence-corrected chi connectivity index (χ2v) is 8.58. The van der Waals surface area contributed by atoms with Gasteiger partial charge in [-0.2, -0.15) is 0 Å². The Kier molecular flexibility index (Phi) is 6.81. The van der Waals surface area contributed by atoms with Crippen molar-refractivity contribution < 1.29 is 14.3 Å². The van der Waals surface area contributed by atoms with Crippen molar-refractivity contribution in [1.82, 2.24) is 4.98 Å². The van der Waals surface area contributed by atoms with Gasteiger partial charge in [0, 0.05) is 10.6 Å². The highest BCUT2D eigenvalue weighted by Gasteiger charge is 2.09. The topological polar surface area (TPSA) is 80.3 Å². The molecule has 2 N–H and O–H groups in total. The van der Waals surface area contributed by atoms with Gasteiger partial charge in [-0.15, -0.1) is 11.8 Å². The van der Waals surface area contributed by atoms with Crippen LogP contribution in [0.4, 0.5) is 10.8 Å². The second-order valence-electron chi connectivity index (χ2n) is 6.50. The highest BCUT2D eigenvalue weighted by molar-refractivity contribution is 8.00. The maximum absolute atomic E-state index is 12.2. The third-order valence-electron chi connectivity index (χ3n) is 4.16. The second kappa shape index (κ2) is 10.1. The van der Waals surface area contributed by atoms with Gasteiger partial charge in [-0.1, -0.05) is 41.7 Å². The van der Waals surface area contributed by atoms with E-state index in [0.29, 0.717) is 16.6 Å². The summed E-state index contributed by atoms with van der Waals surface area (Å²) in [7, 11) is 0. The fourth-order valence-corrected chi connectivity index (χ4v) is 4.31. The van der Waals surface area contributed by atoms with Gasteiger partial charge < -0.3 is 15.4 Å². The van der Waals surface area contributed by atoms with E-state index in [1.807, 2.05) is 54.6 Å². The minimum Gasteiger partial charge on any atom is -0.484 e. The van der Waals surface area contributed by atoms with E-state index in [2.05, 4.69) is 15.6 Å². The fraction of sp³-hybridized carbons (Fsp3) is 0.0870. The Balaban J connectivity index is 1.22. The first-order valence-corrected chi connectivity index (χ1v) is 11.3. The predicted molar refractivity (Wildman–Crippen MR) is 126 cm³/mol. The molecule has 156 valence electrons. The standard InChI is InChI=1S/C23H19N3O3S2/c27-21(14-29-17-6-2-1-3-7-17)24-16-10-12-18(13-11-16)30-15-22(28)26-23-25-19-8-4-5-9-20(19)31-23/h1-13H,14-15H2,(H,24,27)(H,25,26,28). The molecule has 0 bridgehead atoms. The Morgan fingerprint density at radius 3 is 2.39 bits per heavy atom. The molecule has 0 saturated carbocycles. The predicted octanol–water partition coefficient (Wildman–Crippen LogP) is 5.04. The first kappa shape index (κ1) is 20.9. The lowest BCUT2D eigenvalue weighted by Crippen LogP contribution is -2.20. The highest BCUT2D eigenvalue weighted by atomic mass is 32.2. The van der Waals surface area contributed by atoms with Gasteiger partial charge in [-0.3, -0.25) is 9.59 Å². The van der Waals surface area contributed by atoms with E-state index in [9.17, 15) is 9.59 Å². The first-order valence-electron chi connectivity index (χ1n) is 9.52. The van der Waals surface area contributed by atoms with Crippen molar-refractivity contribution in [2.24, 2.45) is 0 Å². The molecule has 4 rings (SSSR count). The number of fused-ring (bicyclic) bond motifs is 1. The summed E-state index contributed by atoms with van der Waals surface area (Å²) in [6, 6.07) is 24.3. The van der Waals surface area contributed by atoms with Gasteiger partial charge in [0.05, 0.1) is 16.0 Å². The molecule has 0 saturated heterocycles. The van der Waals surface area contributed by atoms with Gasteiger partial charge in [0.1, 0.15) is 5.75 Å². The average molecular weight is 450 g/mol. The number of ether oxygens (including phenoxy) is 1. The molecular formula is C23H19N3O3S2. The van der Waals surface area contributed by atoms with Crippen LogP contribution in [0.3, 0.4) is 0 Å². The van der Waals surface area contributed by atoms with Gasteiger partial charge in [0.25, 0.3) is 5.91 Å². The Hall–Kier alpha value is -3.36. The summed E-state index contributed by atoms with van der Waals surface area (Å²) in [5.41, 5.74) is 1.55. The molecule has 31 heavy (non-hydrogen) atoms. The summed E-state index contributed by atoms with van der Waals surface area (Å²) in [6.45, 7) is -0.0630. The summed E-state index contributed by atoms with van der Waals surface area (Å²) < 4.78 is 6.47. The Morgan fingerprint density at radius 1 is 0.871 bits per heavy atom. The summed E-state index contributed by atoms with van der Waals surface area (Å²) in [6.07, 6.45) is 0. The molecule has 3 aromatic carbocycles. The number of aromatic nitrogens is 1. The van der Waals surface area contributed by atoms with E-state index in [1.54, 1.807) is 24.3 Å². The van der Waals surface area contributed by atoms with E-state index in [1.165, 1.54) is 23.1 Å². The lowest BCUT2D eigenvalue weighted by molar-refractivity contribution is -0.118. The van der Waals surface area contributed by atoms with Crippen LogP contribution in [0.2, 0.25) is 0 Å². The van der Waals surface area contributed by atoms with Crippen LogP contribution in [0.15, 0.2) is 83.8 Å². The number of hydrogen-bond donors (Lipinski definition) is 2. The molecule has 0 spiro atoms. The van der Waals surface area contributed by atoms with E-state index >= 15 is 0 Å². The molecule has 6 nitrogen and oxygen atoms in total. The maximum atomic E-state index is 12.2. The van der Waals surface area contributed by atoms with Crippen molar-refractivity contribution >= 4 is 55.9 Å². The highest BCUT2D eigenvalue weighted by Crippen LogP contribution is 2.26. The number of rotatable bonds is 8. The Labute approximate surface area is 187 Å². The maximum Gasteiger partial charge on any atom is 0.262 e. The number of amides is 2. The van der Waals surface area contributed by atoms with Gasteiger partial charge in [-0.25, -0.2) is 4.98 Å². The van der Waals surface area contributed by atoms with Crippen LogP contribution in [-0.4, -0.2) is 29.2 Å². The normalized spacial score (nSPS) is 10.6. The SMILES string of the molecule is O=C(COc1ccccc1)Nc1ccc(SCC(=O)Nc2nc3ccccc3s2)cc1. The summed E-state index contributed by atoms with van der Waals surface area (Å²) in [4.78, 5) is 29.6. The molecule has 0 fully saturated rings. The first-order chi connectivity index (χ1) is 15.2. The monoisotopic (exact) mass is 449 g/mol. The van der Waals surface area contributed by atoms with Crippen molar-refractivity contribution in [3.63, 3.8) is 0 Å². The molecule has 1 heterocycles. The van der Waals surface area contributed by atoms with Crippen molar-refractivity contribution in [1.29, 1.82) is 0 Å². The van der Waals surface area contributed by atoms with Crippen LogP contribution >= 0.6 is 23.1 Å². The minimum absolute atomic E-state index is 0.0630. The number of carbonyl (C=O) groups is 2. The number of thioether (sulfide) groups is 1. The Morgan fingerprint density at radius 2 is 1.61 bits per heavy atom. The number of nitrogens with one attached hydrogen (secondary N) is 2. The van der Waals surface area contributed by atoms with Gasteiger partial charge in [0.2, 0.25) is 5.91 Å². The number of benzene rings is 3.